The summed E-state index contributed by atoms with van der Waals surface area (Å²) >= 11 is 0. The Morgan fingerprint density at radius 2 is 2.12 bits per heavy atom. The third-order valence-corrected chi connectivity index (χ3v) is 2.22. The van der Waals surface area contributed by atoms with E-state index in [9.17, 15) is 22.8 Å². The van der Waals surface area contributed by atoms with Crippen LogP contribution < -0.4 is 5.56 Å². The lowest BCUT2D eigenvalue weighted by molar-refractivity contribution is -0.196. The summed E-state index contributed by atoms with van der Waals surface area (Å²) in [6.07, 6.45) is -3.73. The van der Waals surface area contributed by atoms with Crippen LogP contribution in [0.3, 0.4) is 0 Å². The molecule has 1 unspecified atom stereocenters. The van der Waals surface area contributed by atoms with Gasteiger partial charge in [0.25, 0.3) is 5.56 Å². The van der Waals surface area contributed by atoms with E-state index in [0.717, 1.165) is 16.8 Å². The fraction of sp³-hybridized carbons (Fsp3) is 0.400. The third-order valence-electron chi connectivity index (χ3n) is 2.22. The molecule has 7 heteroatoms. The Bertz CT molecular complexity index is 478. The van der Waals surface area contributed by atoms with E-state index in [1.54, 1.807) is 6.92 Å². The molecule has 1 N–H and O–H groups in total. The lowest BCUT2D eigenvalue weighted by Gasteiger charge is -2.17. The standard InChI is InChI=1S/C10H10F3NO3/c1-6-2-3-14(8(15)4-6)5-7(9(16)17)10(11,12)13/h2-4,7H,5H2,1H3,(H,16,17). The SMILES string of the molecule is Cc1ccn(CC(C(=O)O)C(F)(F)F)c(=O)c1. The second-order valence-corrected chi connectivity index (χ2v) is 3.63. The summed E-state index contributed by atoms with van der Waals surface area (Å²) in [7, 11) is 0. The summed E-state index contributed by atoms with van der Waals surface area (Å²) in [5, 5.41) is 8.48. The fourth-order valence-corrected chi connectivity index (χ4v) is 1.28. The molecule has 0 saturated heterocycles. The number of hydrogen-bond donors (Lipinski definition) is 1. The third kappa shape index (κ3) is 3.33. The van der Waals surface area contributed by atoms with Gasteiger partial charge in [0.15, 0.2) is 5.92 Å². The van der Waals surface area contributed by atoms with Crippen LogP contribution in [-0.4, -0.2) is 21.8 Å². The topological polar surface area (TPSA) is 59.3 Å². The number of rotatable bonds is 3. The van der Waals surface area contributed by atoms with E-state index in [2.05, 4.69) is 0 Å². The van der Waals surface area contributed by atoms with Crippen LogP contribution in [0.4, 0.5) is 13.2 Å². The van der Waals surface area contributed by atoms with Gasteiger partial charge in [0, 0.05) is 18.8 Å². The molecule has 1 rings (SSSR count). The first kappa shape index (κ1) is 13.3. The molecular formula is C10H10F3NO3. The molecule has 0 fully saturated rings. The Kier molecular flexibility index (Phi) is 3.59. The molecule has 1 aromatic rings. The van der Waals surface area contributed by atoms with Crippen molar-refractivity contribution in [1.82, 2.24) is 4.57 Å². The first-order valence-corrected chi connectivity index (χ1v) is 4.68. The van der Waals surface area contributed by atoms with Crippen LogP contribution in [0, 0.1) is 12.8 Å². The number of pyridine rings is 1. The van der Waals surface area contributed by atoms with Gasteiger partial charge in [0.1, 0.15) is 0 Å². The van der Waals surface area contributed by atoms with Crippen LogP contribution >= 0.6 is 0 Å². The lowest BCUT2D eigenvalue weighted by atomic mass is 10.1. The highest BCUT2D eigenvalue weighted by atomic mass is 19.4. The maximum absolute atomic E-state index is 12.4. The molecule has 4 nitrogen and oxygen atoms in total. The van der Waals surface area contributed by atoms with Gasteiger partial charge >= 0.3 is 12.1 Å². The Morgan fingerprint density at radius 1 is 1.53 bits per heavy atom. The molecule has 0 bridgehead atoms. The zero-order chi connectivity index (χ0) is 13.2. The average molecular weight is 249 g/mol. The number of aryl methyl sites for hydroxylation is 1. The number of alkyl halides is 3. The molecular weight excluding hydrogens is 239 g/mol. The molecule has 0 saturated carbocycles. The van der Waals surface area contributed by atoms with Crippen LogP contribution in [0.5, 0.6) is 0 Å². The van der Waals surface area contributed by atoms with Gasteiger partial charge in [-0.3, -0.25) is 9.59 Å². The molecule has 0 spiro atoms. The van der Waals surface area contributed by atoms with Crippen molar-refractivity contribution >= 4 is 5.97 Å². The smallest absolute Gasteiger partial charge is 0.403 e. The van der Waals surface area contributed by atoms with Crippen molar-refractivity contribution < 1.29 is 23.1 Å². The first-order chi connectivity index (χ1) is 7.71. The maximum atomic E-state index is 12.4. The Hall–Kier alpha value is -1.79. The second-order valence-electron chi connectivity index (χ2n) is 3.63. The molecule has 0 radical (unpaired) electrons. The highest BCUT2D eigenvalue weighted by molar-refractivity contribution is 5.70. The van der Waals surface area contributed by atoms with Crippen molar-refractivity contribution in [2.75, 3.05) is 0 Å². The first-order valence-electron chi connectivity index (χ1n) is 4.68. The van der Waals surface area contributed by atoms with Crippen LogP contribution in [-0.2, 0) is 11.3 Å². The maximum Gasteiger partial charge on any atom is 0.403 e. The van der Waals surface area contributed by atoms with E-state index in [4.69, 9.17) is 5.11 Å². The average Bonchev–Trinajstić information content (AvgIpc) is 2.13. The van der Waals surface area contributed by atoms with Gasteiger partial charge in [-0.2, -0.15) is 13.2 Å². The normalized spacial score (nSPS) is 13.4. The largest absolute Gasteiger partial charge is 0.481 e. The van der Waals surface area contributed by atoms with E-state index >= 15 is 0 Å². The van der Waals surface area contributed by atoms with E-state index in [-0.39, 0.29) is 0 Å². The Balaban J connectivity index is 3.03. The van der Waals surface area contributed by atoms with Gasteiger partial charge in [-0.1, -0.05) is 0 Å². The van der Waals surface area contributed by atoms with Crippen molar-refractivity contribution in [1.29, 1.82) is 0 Å². The molecule has 94 valence electrons. The van der Waals surface area contributed by atoms with Gasteiger partial charge in [-0.25, -0.2) is 0 Å². The quantitative estimate of drug-likeness (QED) is 0.881. The molecule has 0 aliphatic rings. The number of halogens is 3. The van der Waals surface area contributed by atoms with Crippen LogP contribution in [0.25, 0.3) is 0 Å². The van der Waals surface area contributed by atoms with E-state index < -0.39 is 30.2 Å². The van der Waals surface area contributed by atoms with Gasteiger partial charge in [-0.05, 0) is 18.6 Å². The minimum Gasteiger partial charge on any atom is -0.481 e. The van der Waals surface area contributed by atoms with Crippen LogP contribution in [0.2, 0.25) is 0 Å². The van der Waals surface area contributed by atoms with Crippen molar-refractivity contribution in [3.05, 3.63) is 34.2 Å². The predicted octanol–water partition coefficient (Wildman–Crippen LogP) is 1.42. The number of nitrogens with zero attached hydrogens (tertiary/aromatic N) is 1. The number of hydrogen-bond acceptors (Lipinski definition) is 2. The van der Waals surface area contributed by atoms with Crippen molar-refractivity contribution in [3.8, 4) is 0 Å². The summed E-state index contributed by atoms with van der Waals surface area (Å²) in [6, 6.07) is 2.59. The zero-order valence-electron chi connectivity index (χ0n) is 8.86. The van der Waals surface area contributed by atoms with E-state index in [0.29, 0.717) is 5.56 Å². The zero-order valence-corrected chi connectivity index (χ0v) is 8.86. The molecule has 0 aliphatic heterocycles. The summed E-state index contributed by atoms with van der Waals surface area (Å²) in [4.78, 5) is 21.8. The second kappa shape index (κ2) is 4.60. The molecule has 17 heavy (non-hydrogen) atoms. The number of carboxylic acid groups (broad SMARTS) is 1. The van der Waals surface area contributed by atoms with Crippen molar-refractivity contribution in [3.63, 3.8) is 0 Å². The number of carbonyl (C=O) groups is 1. The number of carboxylic acids is 1. The summed E-state index contributed by atoms with van der Waals surface area (Å²) in [5.41, 5.74) is -0.0503. The van der Waals surface area contributed by atoms with Crippen molar-refractivity contribution in [2.45, 2.75) is 19.6 Å². The molecule has 1 heterocycles. The van der Waals surface area contributed by atoms with Gasteiger partial charge in [0.05, 0.1) is 0 Å². The summed E-state index contributed by atoms with van der Waals surface area (Å²) in [6.45, 7) is 0.697. The van der Waals surface area contributed by atoms with E-state index in [1.807, 2.05) is 0 Å². The summed E-state index contributed by atoms with van der Waals surface area (Å²) in [5.74, 6) is -4.58. The molecule has 1 atom stereocenters. The van der Waals surface area contributed by atoms with Gasteiger partial charge in [-0.15, -0.1) is 0 Å². The predicted molar refractivity (Wildman–Crippen MR) is 52.6 cm³/mol. The highest BCUT2D eigenvalue weighted by Crippen LogP contribution is 2.27. The monoisotopic (exact) mass is 249 g/mol. The number of aliphatic carboxylic acids is 1. The molecule has 0 aliphatic carbocycles. The lowest BCUT2D eigenvalue weighted by Crippen LogP contribution is -2.37. The Morgan fingerprint density at radius 3 is 2.53 bits per heavy atom. The minimum atomic E-state index is -4.88. The van der Waals surface area contributed by atoms with E-state index in [1.165, 1.54) is 6.07 Å². The number of aromatic nitrogens is 1. The fourth-order valence-electron chi connectivity index (χ4n) is 1.28. The van der Waals surface area contributed by atoms with Crippen LogP contribution in [0.15, 0.2) is 23.1 Å². The molecule has 0 amide bonds. The summed E-state index contributed by atoms with van der Waals surface area (Å²) < 4.78 is 37.8. The Labute approximate surface area is 94.3 Å². The minimum absolute atomic E-state index is 0.602. The molecule has 0 aromatic carbocycles. The highest BCUT2D eigenvalue weighted by Gasteiger charge is 2.45. The van der Waals surface area contributed by atoms with Crippen LogP contribution in [0.1, 0.15) is 5.56 Å². The van der Waals surface area contributed by atoms with Crippen molar-refractivity contribution in [2.24, 2.45) is 5.92 Å². The van der Waals surface area contributed by atoms with Gasteiger partial charge in [0.2, 0.25) is 0 Å². The van der Waals surface area contributed by atoms with Gasteiger partial charge < -0.3 is 9.67 Å². The molecule has 1 aromatic heterocycles.